The van der Waals surface area contributed by atoms with Gasteiger partial charge in [0.25, 0.3) is 0 Å². The van der Waals surface area contributed by atoms with Crippen molar-refractivity contribution in [2.24, 2.45) is 0 Å². The lowest BCUT2D eigenvalue weighted by molar-refractivity contribution is -0.374. The first kappa shape index (κ1) is 31.7. The van der Waals surface area contributed by atoms with Crippen LogP contribution < -0.4 is 11.5 Å². The summed E-state index contributed by atoms with van der Waals surface area (Å²) in [6.07, 6.45) is 2.12. The van der Waals surface area contributed by atoms with E-state index in [0.29, 0.717) is 49.9 Å². The van der Waals surface area contributed by atoms with Gasteiger partial charge in [0.1, 0.15) is 0 Å². The number of alkyl halides is 8. The normalized spacial score (nSPS) is 13.3. The second-order valence-corrected chi connectivity index (χ2v) is 9.71. The Kier molecular flexibility index (Phi) is 9.76. The fourth-order valence-electron chi connectivity index (χ4n) is 4.58. The third kappa shape index (κ3) is 5.45. The Morgan fingerprint density at radius 2 is 0.684 bits per heavy atom. The number of benzene rings is 2. The van der Waals surface area contributed by atoms with Crippen LogP contribution in [-0.4, -0.2) is 11.8 Å². The fourth-order valence-corrected chi connectivity index (χ4v) is 4.58. The summed E-state index contributed by atoms with van der Waals surface area (Å²) in [6, 6.07) is 2.45. The van der Waals surface area contributed by atoms with Crippen LogP contribution in [0.15, 0.2) is 24.3 Å². The lowest BCUT2D eigenvalue weighted by Crippen LogP contribution is -2.59. The van der Waals surface area contributed by atoms with Crippen molar-refractivity contribution in [3.8, 4) is 0 Å². The molecule has 0 spiro atoms. The summed E-state index contributed by atoms with van der Waals surface area (Å²) in [5.74, 6) is -24.2. The lowest BCUT2D eigenvalue weighted by atomic mass is 9.86. The van der Waals surface area contributed by atoms with Crippen LogP contribution in [0.2, 0.25) is 0 Å². The first-order valence-electron chi connectivity index (χ1n) is 12.9. The minimum atomic E-state index is -6.45. The summed E-state index contributed by atoms with van der Waals surface area (Å²) in [6.45, 7) is 6.77. The highest BCUT2D eigenvalue weighted by atomic mass is 19.4. The second-order valence-electron chi connectivity index (χ2n) is 9.71. The number of nitrogens with two attached hydrogens (primary N) is 2. The van der Waals surface area contributed by atoms with Crippen molar-refractivity contribution in [3.63, 3.8) is 0 Å². The Hall–Kier alpha value is -2.52. The third-order valence-electron chi connectivity index (χ3n) is 6.69. The van der Waals surface area contributed by atoms with Crippen LogP contribution in [0, 0.1) is 0 Å². The largest absolute Gasteiger partial charge is 0.398 e. The molecular formula is C28H36F8N2. The molecule has 0 atom stereocenters. The van der Waals surface area contributed by atoms with Crippen LogP contribution in [-0.2, 0) is 37.5 Å². The molecule has 38 heavy (non-hydrogen) atoms. The van der Waals surface area contributed by atoms with E-state index in [-0.39, 0.29) is 59.3 Å². The fraction of sp³-hybridized carbons (Fsp3) is 0.571. The Balaban J connectivity index is 2.71. The Bertz CT molecular complexity index is 971. The lowest BCUT2D eigenvalue weighted by Gasteiger charge is -2.37. The topological polar surface area (TPSA) is 52.0 Å². The first-order chi connectivity index (χ1) is 17.5. The molecule has 0 unspecified atom stereocenters. The van der Waals surface area contributed by atoms with E-state index in [1.54, 1.807) is 27.7 Å². The average molecular weight is 553 g/mol. The molecule has 0 saturated carbocycles. The minimum Gasteiger partial charge on any atom is -0.398 e. The molecule has 4 N–H and O–H groups in total. The van der Waals surface area contributed by atoms with E-state index in [4.69, 9.17) is 11.5 Å². The molecule has 2 aromatic rings. The molecule has 10 heteroatoms. The summed E-state index contributed by atoms with van der Waals surface area (Å²) in [5, 5.41) is 0. The van der Waals surface area contributed by atoms with Crippen molar-refractivity contribution in [2.45, 2.75) is 103 Å². The standard InChI is InChI=1S/C28H36F8N2/c1-5-9-17-13-21(14-18(10-6-2)23(17)37)25(29,30)27(33,34)28(35,36)26(31,32)22-15-19(11-7-3)24(38)20(16-22)12-8-4/h13-16H,5-12,37-38H2,1-4H3. The molecule has 0 bridgehead atoms. The molecule has 0 radical (unpaired) electrons. The Morgan fingerprint density at radius 1 is 0.474 bits per heavy atom. The molecule has 0 aliphatic carbocycles. The van der Waals surface area contributed by atoms with Crippen LogP contribution in [0.25, 0.3) is 0 Å². The number of rotatable bonds is 13. The smallest absolute Gasteiger partial charge is 0.382 e. The zero-order valence-corrected chi connectivity index (χ0v) is 22.1. The summed E-state index contributed by atoms with van der Waals surface area (Å²) >= 11 is 0. The van der Waals surface area contributed by atoms with E-state index in [9.17, 15) is 0 Å². The van der Waals surface area contributed by atoms with Gasteiger partial charge in [0.05, 0.1) is 0 Å². The van der Waals surface area contributed by atoms with Crippen molar-refractivity contribution in [2.75, 3.05) is 11.5 Å². The number of aryl methyl sites for hydroxylation is 4. The number of hydrogen-bond donors (Lipinski definition) is 2. The summed E-state index contributed by atoms with van der Waals surface area (Å²) in [5.41, 5.74) is 9.52. The van der Waals surface area contributed by atoms with Gasteiger partial charge in [0, 0.05) is 22.5 Å². The zero-order chi connectivity index (χ0) is 29.1. The monoisotopic (exact) mass is 552 g/mol. The summed E-state index contributed by atoms with van der Waals surface area (Å²) in [7, 11) is 0. The Labute approximate surface area is 218 Å². The van der Waals surface area contributed by atoms with Crippen LogP contribution >= 0.6 is 0 Å². The van der Waals surface area contributed by atoms with Gasteiger partial charge < -0.3 is 11.5 Å². The van der Waals surface area contributed by atoms with Gasteiger partial charge in [-0.25, -0.2) is 0 Å². The van der Waals surface area contributed by atoms with Gasteiger partial charge in [-0.05, 0) is 72.2 Å². The van der Waals surface area contributed by atoms with Crippen LogP contribution in [0.1, 0.15) is 86.8 Å². The second kappa shape index (κ2) is 11.7. The molecule has 0 saturated heterocycles. The highest BCUT2D eigenvalue weighted by molar-refractivity contribution is 5.58. The predicted molar refractivity (Wildman–Crippen MR) is 135 cm³/mol. The molecule has 214 valence electrons. The first-order valence-corrected chi connectivity index (χ1v) is 12.9. The van der Waals surface area contributed by atoms with Gasteiger partial charge in [-0.2, -0.15) is 35.1 Å². The highest BCUT2D eigenvalue weighted by Gasteiger charge is 2.81. The van der Waals surface area contributed by atoms with Crippen LogP contribution in [0.5, 0.6) is 0 Å². The summed E-state index contributed by atoms with van der Waals surface area (Å²) < 4.78 is 122. The predicted octanol–water partition coefficient (Wildman–Crippen LogP) is 8.82. The van der Waals surface area contributed by atoms with Gasteiger partial charge in [-0.3, -0.25) is 0 Å². The van der Waals surface area contributed by atoms with Gasteiger partial charge in [0.2, 0.25) is 0 Å². The number of anilines is 2. The molecule has 0 heterocycles. The molecule has 0 aromatic heterocycles. The van der Waals surface area contributed by atoms with Crippen molar-refractivity contribution in [3.05, 3.63) is 57.6 Å². The average Bonchev–Trinajstić information content (AvgIpc) is 2.83. The molecule has 0 fully saturated rings. The van der Waals surface area contributed by atoms with Crippen LogP contribution in [0.3, 0.4) is 0 Å². The quantitative estimate of drug-likeness (QED) is 0.193. The SMILES string of the molecule is CCCc1cc(C(F)(F)C(F)(F)C(F)(F)C(F)(F)c2cc(CCC)c(N)c(CCC)c2)cc(CCC)c1N. The van der Waals surface area contributed by atoms with Gasteiger partial charge >= 0.3 is 23.7 Å². The van der Waals surface area contributed by atoms with Gasteiger partial charge in [0.15, 0.2) is 0 Å². The van der Waals surface area contributed by atoms with Gasteiger partial charge in [-0.1, -0.05) is 53.4 Å². The van der Waals surface area contributed by atoms with E-state index in [0.717, 1.165) is 0 Å². The van der Waals surface area contributed by atoms with E-state index < -0.39 is 34.8 Å². The Morgan fingerprint density at radius 3 is 0.868 bits per heavy atom. The van der Waals surface area contributed by atoms with Crippen molar-refractivity contribution in [1.29, 1.82) is 0 Å². The third-order valence-corrected chi connectivity index (χ3v) is 6.69. The molecular weight excluding hydrogens is 516 g/mol. The van der Waals surface area contributed by atoms with Crippen molar-refractivity contribution >= 4 is 11.4 Å². The maximum absolute atomic E-state index is 15.3. The van der Waals surface area contributed by atoms with Gasteiger partial charge in [-0.15, -0.1) is 0 Å². The molecule has 2 aromatic carbocycles. The van der Waals surface area contributed by atoms with Crippen LogP contribution in [0.4, 0.5) is 46.5 Å². The molecule has 2 nitrogen and oxygen atoms in total. The maximum Gasteiger partial charge on any atom is 0.382 e. The molecule has 0 amide bonds. The minimum absolute atomic E-state index is 0.0750. The molecule has 0 aliphatic rings. The number of nitrogen functional groups attached to an aromatic ring is 2. The molecule has 2 rings (SSSR count). The molecule has 0 aliphatic heterocycles. The maximum atomic E-state index is 15.3. The number of halogens is 8. The highest BCUT2D eigenvalue weighted by Crippen LogP contribution is 2.59. The van der Waals surface area contributed by atoms with Crippen molar-refractivity contribution < 1.29 is 35.1 Å². The van der Waals surface area contributed by atoms with Crippen molar-refractivity contribution in [1.82, 2.24) is 0 Å². The zero-order valence-electron chi connectivity index (χ0n) is 22.1. The van der Waals surface area contributed by atoms with E-state index in [1.807, 2.05) is 0 Å². The van der Waals surface area contributed by atoms with E-state index in [1.165, 1.54) is 0 Å². The van der Waals surface area contributed by atoms with E-state index >= 15 is 35.1 Å². The summed E-state index contributed by atoms with van der Waals surface area (Å²) in [4.78, 5) is 0. The number of hydrogen-bond acceptors (Lipinski definition) is 2. The van der Waals surface area contributed by atoms with E-state index in [2.05, 4.69) is 0 Å².